The lowest BCUT2D eigenvalue weighted by Gasteiger charge is -2.13. The molecule has 0 radical (unpaired) electrons. The summed E-state index contributed by atoms with van der Waals surface area (Å²) in [5, 5.41) is 4.13. The predicted octanol–water partition coefficient (Wildman–Crippen LogP) is 2.07. The smallest absolute Gasteiger partial charge is 0.161 e. The summed E-state index contributed by atoms with van der Waals surface area (Å²) in [6.45, 7) is 2.52. The highest BCUT2D eigenvalue weighted by Crippen LogP contribution is 2.29. The Labute approximate surface area is 119 Å². The Balaban J connectivity index is 2.00. The van der Waals surface area contributed by atoms with Crippen molar-refractivity contribution < 1.29 is 9.47 Å². The fraction of sp³-hybridized carbons (Fsp3) is 0.400. The molecule has 0 aliphatic carbocycles. The lowest BCUT2D eigenvalue weighted by atomic mass is 10.1. The largest absolute Gasteiger partial charge is 0.493 e. The molecule has 0 bridgehead atoms. The van der Waals surface area contributed by atoms with Gasteiger partial charge in [-0.05, 0) is 30.7 Å². The summed E-state index contributed by atoms with van der Waals surface area (Å²) in [6, 6.07) is 7.75. The van der Waals surface area contributed by atoms with E-state index in [0.717, 1.165) is 23.4 Å². The number of benzene rings is 1. The van der Waals surface area contributed by atoms with E-state index < -0.39 is 0 Å². The Bertz CT molecular complexity index is 564. The molecule has 1 atom stereocenters. The third kappa shape index (κ3) is 3.30. The third-order valence-corrected chi connectivity index (χ3v) is 3.25. The maximum atomic E-state index is 5.86. The molecule has 0 saturated carbocycles. The first-order valence-electron chi connectivity index (χ1n) is 6.65. The zero-order valence-corrected chi connectivity index (χ0v) is 12.2. The zero-order chi connectivity index (χ0) is 14.5. The molecule has 1 unspecified atom stereocenters. The quantitative estimate of drug-likeness (QED) is 0.876. The molecule has 0 spiro atoms. The van der Waals surface area contributed by atoms with Crippen molar-refractivity contribution in [2.24, 2.45) is 12.8 Å². The molecule has 0 amide bonds. The van der Waals surface area contributed by atoms with Gasteiger partial charge in [0.1, 0.15) is 0 Å². The van der Waals surface area contributed by atoms with Crippen LogP contribution in [-0.2, 0) is 13.5 Å². The van der Waals surface area contributed by atoms with Gasteiger partial charge in [-0.15, -0.1) is 0 Å². The van der Waals surface area contributed by atoms with Crippen LogP contribution in [0.3, 0.4) is 0 Å². The number of aryl methyl sites for hydroxylation is 1. The van der Waals surface area contributed by atoms with E-state index in [9.17, 15) is 0 Å². The highest BCUT2D eigenvalue weighted by atomic mass is 16.5. The summed E-state index contributed by atoms with van der Waals surface area (Å²) >= 11 is 0. The molecule has 0 fully saturated rings. The van der Waals surface area contributed by atoms with Crippen LogP contribution in [0, 0.1) is 0 Å². The van der Waals surface area contributed by atoms with Gasteiger partial charge < -0.3 is 15.2 Å². The second-order valence-corrected chi connectivity index (χ2v) is 4.74. The number of methoxy groups -OCH3 is 1. The van der Waals surface area contributed by atoms with Crippen molar-refractivity contribution in [1.29, 1.82) is 0 Å². The summed E-state index contributed by atoms with van der Waals surface area (Å²) in [5.74, 6) is 1.45. The van der Waals surface area contributed by atoms with Crippen molar-refractivity contribution >= 4 is 0 Å². The average Bonchev–Trinajstić information content (AvgIpc) is 2.84. The van der Waals surface area contributed by atoms with Crippen LogP contribution >= 0.6 is 0 Å². The first kappa shape index (κ1) is 14.4. The second kappa shape index (κ2) is 6.43. The number of hydrogen-bond acceptors (Lipinski definition) is 4. The molecular weight excluding hydrogens is 254 g/mol. The number of nitrogens with two attached hydrogens (primary N) is 1. The maximum absolute atomic E-state index is 5.86. The van der Waals surface area contributed by atoms with Gasteiger partial charge in [0, 0.05) is 31.4 Å². The summed E-state index contributed by atoms with van der Waals surface area (Å²) < 4.78 is 13.0. The van der Waals surface area contributed by atoms with Gasteiger partial charge in [-0.1, -0.05) is 6.07 Å². The van der Waals surface area contributed by atoms with E-state index in [4.69, 9.17) is 15.2 Å². The summed E-state index contributed by atoms with van der Waals surface area (Å²) in [6.07, 6.45) is 2.59. The summed E-state index contributed by atoms with van der Waals surface area (Å²) in [4.78, 5) is 0. The van der Waals surface area contributed by atoms with E-state index in [1.807, 2.05) is 42.9 Å². The first-order chi connectivity index (χ1) is 9.61. The monoisotopic (exact) mass is 275 g/mol. The average molecular weight is 275 g/mol. The Hall–Kier alpha value is -2.01. The van der Waals surface area contributed by atoms with Crippen LogP contribution in [0.5, 0.6) is 11.5 Å². The van der Waals surface area contributed by atoms with Crippen molar-refractivity contribution in [1.82, 2.24) is 9.78 Å². The van der Waals surface area contributed by atoms with E-state index in [-0.39, 0.29) is 6.04 Å². The number of nitrogens with zero attached hydrogens (tertiary/aromatic N) is 2. The van der Waals surface area contributed by atoms with E-state index in [0.29, 0.717) is 12.4 Å². The molecule has 2 rings (SSSR count). The lowest BCUT2D eigenvalue weighted by Crippen LogP contribution is -2.08. The molecule has 1 aromatic carbocycles. The molecule has 20 heavy (non-hydrogen) atoms. The van der Waals surface area contributed by atoms with Crippen LogP contribution in [0.15, 0.2) is 30.5 Å². The van der Waals surface area contributed by atoms with Gasteiger partial charge in [-0.25, -0.2) is 0 Å². The second-order valence-electron chi connectivity index (χ2n) is 4.74. The minimum absolute atomic E-state index is 0.0209. The van der Waals surface area contributed by atoms with Gasteiger partial charge in [0.05, 0.1) is 13.7 Å². The third-order valence-electron chi connectivity index (χ3n) is 3.25. The molecule has 108 valence electrons. The fourth-order valence-corrected chi connectivity index (χ4v) is 2.00. The molecular formula is C15H21N3O2. The Morgan fingerprint density at radius 1 is 1.30 bits per heavy atom. The summed E-state index contributed by atoms with van der Waals surface area (Å²) in [7, 11) is 3.56. The van der Waals surface area contributed by atoms with Gasteiger partial charge in [-0.2, -0.15) is 5.10 Å². The molecule has 2 aromatic rings. The lowest BCUT2D eigenvalue weighted by molar-refractivity contribution is 0.295. The normalized spacial score (nSPS) is 12.2. The number of rotatable bonds is 6. The zero-order valence-electron chi connectivity index (χ0n) is 12.2. The van der Waals surface area contributed by atoms with Crippen LogP contribution in [0.2, 0.25) is 0 Å². The molecule has 5 heteroatoms. The van der Waals surface area contributed by atoms with Gasteiger partial charge in [0.2, 0.25) is 0 Å². The van der Waals surface area contributed by atoms with Gasteiger partial charge in [0.25, 0.3) is 0 Å². The predicted molar refractivity (Wildman–Crippen MR) is 78.0 cm³/mol. The van der Waals surface area contributed by atoms with Crippen LogP contribution in [0.1, 0.15) is 24.2 Å². The van der Waals surface area contributed by atoms with Crippen LogP contribution < -0.4 is 15.2 Å². The fourth-order valence-electron chi connectivity index (χ4n) is 2.00. The van der Waals surface area contributed by atoms with Crippen LogP contribution in [0.4, 0.5) is 0 Å². The van der Waals surface area contributed by atoms with Crippen molar-refractivity contribution in [3.8, 4) is 11.5 Å². The number of hydrogen-bond donors (Lipinski definition) is 1. The highest BCUT2D eigenvalue weighted by molar-refractivity contribution is 5.43. The van der Waals surface area contributed by atoms with Gasteiger partial charge in [0.15, 0.2) is 11.5 Å². The van der Waals surface area contributed by atoms with Gasteiger partial charge in [-0.3, -0.25) is 4.68 Å². The Morgan fingerprint density at radius 2 is 2.10 bits per heavy atom. The van der Waals surface area contributed by atoms with Crippen molar-refractivity contribution in [3.63, 3.8) is 0 Å². The highest BCUT2D eigenvalue weighted by Gasteiger charge is 2.08. The molecule has 0 aliphatic rings. The maximum Gasteiger partial charge on any atom is 0.161 e. The summed E-state index contributed by atoms with van der Waals surface area (Å²) in [5.41, 5.74) is 8.03. The minimum atomic E-state index is -0.0209. The van der Waals surface area contributed by atoms with E-state index in [2.05, 4.69) is 5.10 Å². The first-order valence-corrected chi connectivity index (χ1v) is 6.65. The Kier molecular flexibility index (Phi) is 4.63. The molecule has 5 nitrogen and oxygen atoms in total. The van der Waals surface area contributed by atoms with Crippen molar-refractivity contribution in [2.75, 3.05) is 13.7 Å². The SMILES string of the molecule is COc1cc(C(C)N)ccc1OCCc1ccnn1C. The van der Waals surface area contributed by atoms with E-state index in [1.165, 1.54) is 0 Å². The molecule has 0 saturated heterocycles. The molecule has 1 aromatic heterocycles. The van der Waals surface area contributed by atoms with Crippen LogP contribution in [0.25, 0.3) is 0 Å². The topological polar surface area (TPSA) is 62.3 Å². The molecule has 2 N–H and O–H groups in total. The van der Waals surface area contributed by atoms with Crippen LogP contribution in [-0.4, -0.2) is 23.5 Å². The van der Waals surface area contributed by atoms with Gasteiger partial charge >= 0.3 is 0 Å². The Morgan fingerprint density at radius 3 is 2.70 bits per heavy atom. The minimum Gasteiger partial charge on any atom is -0.493 e. The molecule has 1 heterocycles. The standard InChI is InChI=1S/C15H21N3O2/c1-11(16)12-4-5-14(15(10-12)19-3)20-9-7-13-6-8-17-18(13)2/h4-6,8,10-11H,7,9,16H2,1-3H3. The molecule has 0 aliphatic heterocycles. The van der Waals surface area contributed by atoms with E-state index in [1.54, 1.807) is 13.3 Å². The van der Waals surface area contributed by atoms with E-state index >= 15 is 0 Å². The number of aromatic nitrogens is 2. The van der Waals surface area contributed by atoms with Crippen molar-refractivity contribution in [3.05, 3.63) is 41.7 Å². The van der Waals surface area contributed by atoms with Crippen molar-refractivity contribution in [2.45, 2.75) is 19.4 Å². The number of ether oxygens (including phenoxy) is 2.